The third-order valence-corrected chi connectivity index (χ3v) is 4.13. The summed E-state index contributed by atoms with van der Waals surface area (Å²) in [6.45, 7) is 1.73. The first-order valence-corrected chi connectivity index (χ1v) is 8.62. The van der Waals surface area contributed by atoms with E-state index in [1.807, 2.05) is 30.3 Å². The Labute approximate surface area is 151 Å². The lowest BCUT2D eigenvalue weighted by Gasteiger charge is -2.32. The number of hydrogen-bond donors (Lipinski definition) is 0. The molecule has 1 saturated heterocycles. The van der Waals surface area contributed by atoms with Crippen molar-refractivity contribution >= 4 is 17.5 Å². The summed E-state index contributed by atoms with van der Waals surface area (Å²) in [7, 11) is 0. The number of carbonyl (C=O) groups is 1. The number of likely N-dealkylation sites (tertiary alicyclic amines) is 1. The Morgan fingerprint density at radius 2 is 2.00 bits per heavy atom. The van der Waals surface area contributed by atoms with Gasteiger partial charge < -0.3 is 14.4 Å². The third kappa shape index (κ3) is 5.41. The summed E-state index contributed by atoms with van der Waals surface area (Å²) >= 11 is 5.76. The van der Waals surface area contributed by atoms with E-state index in [-0.39, 0.29) is 24.6 Å². The molecule has 1 aliphatic heterocycles. The Morgan fingerprint density at radius 1 is 1.24 bits per heavy atom. The molecule has 0 N–H and O–H groups in total. The number of halogens is 1. The number of ether oxygens (including phenoxy) is 2. The van der Waals surface area contributed by atoms with E-state index in [2.05, 4.69) is 9.97 Å². The van der Waals surface area contributed by atoms with E-state index in [1.165, 1.54) is 12.4 Å². The van der Waals surface area contributed by atoms with Crippen molar-refractivity contribution in [3.05, 3.63) is 53.3 Å². The zero-order valence-electron chi connectivity index (χ0n) is 13.8. The molecular weight excluding hydrogens is 342 g/mol. The minimum Gasteiger partial charge on any atom is -0.458 e. The molecule has 7 heteroatoms. The van der Waals surface area contributed by atoms with Gasteiger partial charge in [0.25, 0.3) is 0 Å². The van der Waals surface area contributed by atoms with Crippen molar-refractivity contribution in [2.24, 2.45) is 0 Å². The number of amides is 1. The molecule has 1 aliphatic rings. The van der Waals surface area contributed by atoms with E-state index in [9.17, 15) is 4.79 Å². The average molecular weight is 362 g/mol. The van der Waals surface area contributed by atoms with Gasteiger partial charge in [0.1, 0.15) is 12.7 Å². The Bertz CT molecular complexity index is 682. The van der Waals surface area contributed by atoms with Gasteiger partial charge in [0, 0.05) is 6.54 Å². The largest absolute Gasteiger partial charge is 0.458 e. The molecule has 1 aromatic carbocycles. The second-order valence-electron chi connectivity index (χ2n) is 5.88. The highest BCUT2D eigenvalue weighted by molar-refractivity contribution is 6.30. The van der Waals surface area contributed by atoms with Crippen molar-refractivity contribution in [2.45, 2.75) is 25.6 Å². The molecule has 0 radical (unpaired) electrons. The molecule has 0 bridgehead atoms. The smallest absolute Gasteiger partial charge is 0.316 e. The maximum Gasteiger partial charge on any atom is 0.316 e. The number of hydrogen-bond acceptors (Lipinski definition) is 5. The SMILES string of the molecule is O=C(COCc1ccccc1)N1CCCC(Oc2ncc(Cl)cn2)C1. The van der Waals surface area contributed by atoms with Crippen LogP contribution in [0.15, 0.2) is 42.7 Å². The molecule has 2 aromatic rings. The van der Waals surface area contributed by atoms with Crippen LogP contribution in [0.4, 0.5) is 0 Å². The van der Waals surface area contributed by atoms with E-state index in [0.717, 1.165) is 24.9 Å². The lowest BCUT2D eigenvalue weighted by molar-refractivity contribution is -0.139. The number of aromatic nitrogens is 2. The molecule has 1 fully saturated rings. The number of piperidine rings is 1. The van der Waals surface area contributed by atoms with Crippen LogP contribution in [0.2, 0.25) is 5.02 Å². The van der Waals surface area contributed by atoms with Crippen molar-refractivity contribution < 1.29 is 14.3 Å². The molecule has 25 heavy (non-hydrogen) atoms. The van der Waals surface area contributed by atoms with Crippen LogP contribution in [0.5, 0.6) is 6.01 Å². The summed E-state index contributed by atoms with van der Waals surface area (Å²) in [4.78, 5) is 22.2. The van der Waals surface area contributed by atoms with Crippen LogP contribution in [0, 0.1) is 0 Å². The van der Waals surface area contributed by atoms with Crippen molar-refractivity contribution in [1.29, 1.82) is 0 Å². The molecule has 1 amide bonds. The molecule has 1 unspecified atom stereocenters. The number of nitrogens with zero attached hydrogens (tertiary/aromatic N) is 3. The van der Waals surface area contributed by atoms with Gasteiger partial charge >= 0.3 is 6.01 Å². The van der Waals surface area contributed by atoms with Crippen LogP contribution < -0.4 is 4.74 Å². The quantitative estimate of drug-likeness (QED) is 0.791. The zero-order valence-corrected chi connectivity index (χ0v) is 14.6. The summed E-state index contributed by atoms with van der Waals surface area (Å²) < 4.78 is 11.3. The average Bonchev–Trinajstić information content (AvgIpc) is 2.65. The van der Waals surface area contributed by atoms with Crippen LogP contribution >= 0.6 is 11.6 Å². The van der Waals surface area contributed by atoms with E-state index >= 15 is 0 Å². The fraction of sp³-hybridized carbons (Fsp3) is 0.389. The van der Waals surface area contributed by atoms with Gasteiger partial charge in [-0.3, -0.25) is 4.79 Å². The molecule has 6 nitrogen and oxygen atoms in total. The van der Waals surface area contributed by atoms with Crippen molar-refractivity contribution in [1.82, 2.24) is 14.9 Å². The van der Waals surface area contributed by atoms with Crippen molar-refractivity contribution in [3.8, 4) is 6.01 Å². The highest BCUT2D eigenvalue weighted by Gasteiger charge is 2.25. The molecule has 0 saturated carbocycles. The number of carbonyl (C=O) groups excluding carboxylic acids is 1. The topological polar surface area (TPSA) is 64.5 Å². The minimum absolute atomic E-state index is 0.0266. The predicted molar refractivity (Wildman–Crippen MR) is 93.4 cm³/mol. The Kier molecular flexibility index (Phi) is 6.19. The van der Waals surface area contributed by atoms with Gasteiger partial charge in [0.05, 0.1) is 30.6 Å². The maximum absolute atomic E-state index is 12.3. The van der Waals surface area contributed by atoms with E-state index in [1.54, 1.807) is 4.90 Å². The van der Waals surface area contributed by atoms with Gasteiger partial charge in [-0.2, -0.15) is 0 Å². The molecule has 0 aliphatic carbocycles. The second kappa shape index (κ2) is 8.78. The first-order valence-electron chi connectivity index (χ1n) is 8.24. The summed E-state index contributed by atoms with van der Waals surface area (Å²) in [5.41, 5.74) is 1.05. The Morgan fingerprint density at radius 3 is 2.76 bits per heavy atom. The van der Waals surface area contributed by atoms with Crippen LogP contribution in [-0.2, 0) is 16.1 Å². The van der Waals surface area contributed by atoms with Gasteiger partial charge in [-0.25, -0.2) is 9.97 Å². The van der Waals surface area contributed by atoms with Crippen LogP contribution in [0.3, 0.4) is 0 Å². The minimum atomic E-state index is -0.118. The normalized spacial score (nSPS) is 17.3. The fourth-order valence-electron chi connectivity index (χ4n) is 2.69. The first kappa shape index (κ1) is 17.6. The summed E-state index contributed by atoms with van der Waals surface area (Å²) in [6.07, 6.45) is 4.61. The monoisotopic (exact) mass is 361 g/mol. The Balaban J connectivity index is 1.45. The molecule has 0 spiro atoms. The van der Waals surface area contributed by atoms with Gasteiger partial charge in [-0.05, 0) is 18.4 Å². The number of rotatable bonds is 6. The summed E-state index contributed by atoms with van der Waals surface area (Å²) in [6, 6.07) is 10.1. The molecule has 2 heterocycles. The molecular formula is C18H20ClN3O3. The maximum atomic E-state index is 12.3. The van der Waals surface area contributed by atoms with Crippen molar-refractivity contribution in [3.63, 3.8) is 0 Å². The zero-order chi connectivity index (χ0) is 17.5. The van der Waals surface area contributed by atoms with Gasteiger partial charge in [-0.15, -0.1) is 0 Å². The van der Waals surface area contributed by atoms with Crippen LogP contribution in [0.1, 0.15) is 18.4 Å². The molecule has 1 aromatic heterocycles. The van der Waals surface area contributed by atoms with Crippen LogP contribution in [-0.4, -0.2) is 46.6 Å². The predicted octanol–water partition coefficient (Wildman–Crippen LogP) is 2.72. The standard InChI is InChI=1S/C18H20ClN3O3/c19-15-9-20-18(21-10-15)25-16-7-4-8-22(11-16)17(23)13-24-12-14-5-2-1-3-6-14/h1-3,5-6,9-10,16H,4,7-8,11-13H2. The van der Waals surface area contributed by atoms with E-state index in [0.29, 0.717) is 18.2 Å². The highest BCUT2D eigenvalue weighted by Crippen LogP contribution is 2.16. The Hall–Kier alpha value is -2.18. The highest BCUT2D eigenvalue weighted by atomic mass is 35.5. The summed E-state index contributed by atoms with van der Waals surface area (Å²) in [5, 5.41) is 0.461. The first-order chi connectivity index (χ1) is 12.2. The number of benzene rings is 1. The van der Waals surface area contributed by atoms with Gasteiger partial charge in [0.2, 0.25) is 5.91 Å². The molecule has 3 rings (SSSR count). The third-order valence-electron chi connectivity index (χ3n) is 3.94. The van der Waals surface area contributed by atoms with Crippen molar-refractivity contribution in [2.75, 3.05) is 19.7 Å². The van der Waals surface area contributed by atoms with E-state index in [4.69, 9.17) is 21.1 Å². The van der Waals surface area contributed by atoms with Gasteiger partial charge in [0.15, 0.2) is 0 Å². The summed E-state index contributed by atoms with van der Waals surface area (Å²) in [5.74, 6) is -0.0266. The van der Waals surface area contributed by atoms with E-state index < -0.39 is 0 Å². The van der Waals surface area contributed by atoms with Gasteiger partial charge in [-0.1, -0.05) is 41.9 Å². The fourth-order valence-corrected chi connectivity index (χ4v) is 2.79. The van der Waals surface area contributed by atoms with Crippen LogP contribution in [0.25, 0.3) is 0 Å². The lowest BCUT2D eigenvalue weighted by atomic mass is 10.1. The molecule has 1 atom stereocenters. The molecule has 132 valence electrons. The second-order valence-corrected chi connectivity index (χ2v) is 6.32. The lowest BCUT2D eigenvalue weighted by Crippen LogP contribution is -2.45.